The van der Waals surface area contributed by atoms with Crippen molar-refractivity contribution in [2.24, 2.45) is 0 Å². The van der Waals surface area contributed by atoms with Crippen LogP contribution in [0.3, 0.4) is 0 Å². The number of hydrogen-bond donors (Lipinski definition) is 1. The highest BCUT2D eigenvalue weighted by atomic mass is 35.5. The van der Waals surface area contributed by atoms with E-state index in [0.29, 0.717) is 22.2 Å². The molecule has 3 aromatic rings. The molecule has 0 aliphatic heterocycles. The lowest BCUT2D eigenvalue weighted by Gasteiger charge is -2.05. The van der Waals surface area contributed by atoms with Gasteiger partial charge in [-0.25, -0.2) is 9.78 Å². The van der Waals surface area contributed by atoms with Crippen molar-refractivity contribution in [3.8, 4) is 5.75 Å². The average Bonchev–Trinajstić information content (AvgIpc) is 2.87. The second kappa shape index (κ2) is 5.41. The van der Waals surface area contributed by atoms with Crippen molar-refractivity contribution in [2.75, 3.05) is 0 Å². The highest BCUT2D eigenvalue weighted by Gasteiger charge is 2.18. The molecule has 21 heavy (non-hydrogen) atoms. The Morgan fingerprint density at radius 3 is 2.90 bits per heavy atom. The van der Waals surface area contributed by atoms with Crippen LogP contribution in [0, 0.1) is 0 Å². The second-order valence-corrected chi connectivity index (χ2v) is 4.62. The van der Waals surface area contributed by atoms with E-state index in [2.05, 4.69) is 9.97 Å². The third-order valence-electron chi connectivity index (χ3n) is 2.89. The zero-order chi connectivity index (χ0) is 14.8. The fourth-order valence-corrected chi connectivity index (χ4v) is 2.26. The number of carbonyl (C=O) groups is 1. The van der Waals surface area contributed by atoms with Gasteiger partial charge in [0.1, 0.15) is 17.5 Å². The van der Waals surface area contributed by atoms with Crippen LogP contribution >= 0.6 is 11.6 Å². The van der Waals surface area contributed by atoms with Crippen LogP contribution in [0.25, 0.3) is 5.52 Å². The number of fused-ring (bicyclic) bond motifs is 1. The molecule has 0 saturated heterocycles. The van der Waals surface area contributed by atoms with E-state index in [9.17, 15) is 9.90 Å². The number of aromatic carboxylic acids is 1. The van der Waals surface area contributed by atoms with Crippen LogP contribution in [0.5, 0.6) is 5.75 Å². The van der Waals surface area contributed by atoms with E-state index in [1.165, 1.54) is 0 Å². The summed E-state index contributed by atoms with van der Waals surface area (Å²) in [4.78, 5) is 19.3. The molecule has 1 N–H and O–H groups in total. The zero-order valence-corrected chi connectivity index (χ0v) is 11.5. The first-order chi connectivity index (χ1) is 10.2. The lowest BCUT2D eigenvalue weighted by molar-refractivity contribution is 0.0693. The first kappa shape index (κ1) is 13.4. The number of pyridine rings is 2. The van der Waals surface area contributed by atoms with E-state index in [1.807, 2.05) is 0 Å². The molecule has 3 rings (SSSR count). The van der Waals surface area contributed by atoms with Crippen molar-refractivity contribution >= 4 is 23.1 Å². The summed E-state index contributed by atoms with van der Waals surface area (Å²) < 4.78 is 7.11. The van der Waals surface area contributed by atoms with Crippen molar-refractivity contribution < 1.29 is 14.6 Å². The number of aromatic nitrogens is 3. The van der Waals surface area contributed by atoms with Crippen molar-refractivity contribution in [3.63, 3.8) is 0 Å². The van der Waals surface area contributed by atoms with Gasteiger partial charge in [-0.05, 0) is 24.3 Å². The molecule has 0 amide bonds. The number of imidazole rings is 1. The van der Waals surface area contributed by atoms with E-state index in [-0.39, 0.29) is 12.3 Å². The van der Waals surface area contributed by atoms with Gasteiger partial charge in [-0.3, -0.25) is 9.38 Å². The summed E-state index contributed by atoms with van der Waals surface area (Å²) in [7, 11) is 0. The van der Waals surface area contributed by atoms with Gasteiger partial charge in [0.05, 0.1) is 11.7 Å². The Kier molecular flexibility index (Phi) is 3.45. The quantitative estimate of drug-likeness (QED) is 0.750. The summed E-state index contributed by atoms with van der Waals surface area (Å²) in [6.07, 6.45) is 3.20. The topological polar surface area (TPSA) is 76.7 Å². The molecule has 0 bridgehead atoms. The SMILES string of the molecule is O=C(O)c1nc(COc2cccnc2)n2c(Cl)cccc12. The lowest BCUT2D eigenvalue weighted by atomic mass is 10.3. The molecule has 0 atom stereocenters. The van der Waals surface area contributed by atoms with Crippen molar-refractivity contribution in [1.82, 2.24) is 14.4 Å². The maximum atomic E-state index is 11.2. The fraction of sp³-hybridized carbons (Fsp3) is 0.0714. The minimum Gasteiger partial charge on any atom is -0.484 e. The summed E-state index contributed by atoms with van der Waals surface area (Å²) in [5.74, 6) is -0.127. The van der Waals surface area contributed by atoms with Crippen LogP contribution in [0.1, 0.15) is 16.3 Å². The molecule has 0 aliphatic carbocycles. The van der Waals surface area contributed by atoms with Crippen LogP contribution in [0.15, 0.2) is 42.7 Å². The van der Waals surface area contributed by atoms with E-state index in [1.54, 1.807) is 47.1 Å². The Labute approximate surface area is 124 Å². The molecule has 106 valence electrons. The first-order valence-electron chi connectivity index (χ1n) is 6.09. The number of nitrogens with zero attached hydrogens (tertiary/aromatic N) is 3. The van der Waals surface area contributed by atoms with Crippen molar-refractivity contribution in [3.05, 3.63) is 59.4 Å². The average molecular weight is 304 g/mol. The number of hydrogen-bond acceptors (Lipinski definition) is 4. The zero-order valence-electron chi connectivity index (χ0n) is 10.7. The largest absolute Gasteiger partial charge is 0.484 e. The predicted octanol–water partition coefficient (Wildman–Crippen LogP) is 2.66. The van der Waals surface area contributed by atoms with E-state index in [0.717, 1.165) is 0 Å². The monoisotopic (exact) mass is 303 g/mol. The molecule has 0 saturated carbocycles. The standard InChI is InChI=1S/C14H10ClN3O3/c15-11-5-1-4-10-13(14(19)20)17-12(18(10)11)8-21-9-3-2-6-16-7-9/h1-7H,8H2,(H,19,20). The van der Waals surface area contributed by atoms with Crippen LogP contribution in [0.2, 0.25) is 5.15 Å². The Bertz CT molecular complexity index is 802. The van der Waals surface area contributed by atoms with E-state index >= 15 is 0 Å². The minimum atomic E-state index is -1.11. The minimum absolute atomic E-state index is 0.0534. The first-order valence-corrected chi connectivity index (χ1v) is 6.46. The second-order valence-electron chi connectivity index (χ2n) is 4.23. The molecule has 0 radical (unpaired) electrons. The Morgan fingerprint density at radius 2 is 2.19 bits per heavy atom. The van der Waals surface area contributed by atoms with Gasteiger partial charge in [0.25, 0.3) is 0 Å². The van der Waals surface area contributed by atoms with Crippen LogP contribution in [-0.4, -0.2) is 25.4 Å². The number of ether oxygens (including phenoxy) is 1. The number of carboxylic acids is 1. The van der Waals surface area contributed by atoms with E-state index < -0.39 is 5.97 Å². The van der Waals surface area contributed by atoms with Crippen LogP contribution in [-0.2, 0) is 6.61 Å². The van der Waals surface area contributed by atoms with Gasteiger partial charge < -0.3 is 9.84 Å². The molecule has 6 nitrogen and oxygen atoms in total. The summed E-state index contributed by atoms with van der Waals surface area (Å²) in [6, 6.07) is 8.49. The van der Waals surface area contributed by atoms with E-state index in [4.69, 9.17) is 16.3 Å². The lowest BCUT2D eigenvalue weighted by Crippen LogP contribution is -2.02. The molecule has 7 heteroatoms. The van der Waals surface area contributed by atoms with Gasteiger partial charge in [0.2, 0.25) is 0 Å². The van der Waals surface area contributed by atoms with Gasteiger partial charge in [-0.2, -0.15) is 0 Å². The summed E-state index contributed by atoms with van der Waals surface area (Å²) in [6.45, 7) is 0.0872. The smallest absolute Gasteiger partial charge is 0.356 e. The van der Waals surface area contributed by atoms with Gasteiger partial charge in [0, 0.05) is 6.20 Å². The van der Waals surface area contributed by atoms with Gasteiger partial charge >= 0.3 is 5.97 Å². The predicted molar refractivity (Wildman–Crippen MR) is 75.7 cm³/mol. The number of halogens is 1. The van der Waals surface area contributed by atoms with Gasteiger partial charge in [-0.15, -0.1) is 0 Å². The maximum absolute atomic E-state index is 11.2. The third-order valence-corrected chi connectivity index (χ3v) is 3.18. The molecular formula is C14H10ClN3O3. The van der Waals surface area contributed by atoms with Crippen molar-refractivity contribution in [1.29, 1.82) is 0 Å². The maximum Gasteiger partial charge on any atom is 0.356 e. The highest BCUT2D eigenvalue weighted by molar-refractivity contribution is 6.29. The highest BCUT2D eigenvalue weighted by Crippen LogP contribution is 2.20. The summed E-state index contributed by atoms with van der Waals surface area (Å²) in [5, 5.41) is 9.58. The fourth-order valence-electron chi connectivity index (χ4n) is 2.00. The molecular weight excluding hydrogens is 294 g/mol. The van der Waals surface area contributed by atoms with Crippen LogP contribution < -0.4 is 4.74 Å². The Morgan fingerprint density at radius 1 is 1.33 bits per heavy atom. The summed E-state index contributed by atoms with van der Waals surface area (Å²) >= 11 is 6.12. The Balaban J connectivity index is 2.00. The van der Waals surface area contributed by atoms with Crippen LogP contribution in [0.4, 0.5) is 0 Å². The molecule has 0 aromatic carbocycles. The molecule has 3 aromatic heterocycles. The van der Waals surface area contributed by atoms with Crippen molar-refractivity contribution in [2.45, 2.75) is 6.61 Å². The Hall–Kier alpha value is -2.60. The molecule has 0 fully saturated rings. The number of rotatable bonds is 4. The number of carboxylic acid groups (broad SMARTS) is 1. The molecule has 0 unspecified atom stereocenters. The molecule has 0 spiro atoms. The molecule has 0 aliphatic rings. The normalized spacial score (nSPS) is 10.7. The summed E-state index contributed by atoms with van der Waals surface area (Å²) in [5.41, 5.74) is 0.377. The van der Waals surface area contributed by atoms with Gasteiger partial charge in [-0.1, -0.05) is 17.7 Å². The molecule has 3 heterocycles. The van der Waals surface area contributed by atoms with Gasteiger partial charge in [0.15, 0.2) is 11.5 Å². The third kappa shape index (κ3) is 2.53.